The van der Waals surface area contributed by atoms with E-state index in [1.807, 2.05) is 6.92 Å². The van der Waals surface area contributed by atoms with Gasteiger partial charge in [0.2, 0.25) is 5.91 Å². The van der Waals surface area contributed by atoms with E-state index in [-0.39, 0.29) is 6.61 Å². The van der Waals surface area contributed by atoms with Gasteiger partial charge in [0.1, 0.15) is 6.04 Å². The molecule has 0 radical (unpaired) electrons. The molecular weight excluding hydrogens is 172 g/mol. The molecule has 0 aromatic carbocycles. The first-order valence-corrected chi connectivity index (χ1v) is 4.38. The molecule has 1 amide bonds. The van der Waals surface area contributed by atoms with Gasteiger partial charge in [-0.2, -0.15) is 0 Å². The molecule has 0 bridgehead atoms. The number of amides is 1. The lowest BCUT2D eigenvalue weighted by Gasteiger charge is -2.08. The summed E-state index contributed by atoms with van der Waals surface area (Å²) in [7, 11) is 0. The van der Waals surface area contributed by atoms with Crippen molar-refractivity contribution in [2.75, 3.05) is 26.4 Å². The molecule has 0 fully saturated rings. The SMILES string of the molecule is CCCOCCOCC(N)C(N)=O. The molecule has 0 aliphatic rings. The average Bonchev–Trinajstić information content (AvgIpc) is 2.10. The summed E-state index contributed by atoms with van der Waals surface area (Å²) in [6.07, 6.45) is 0.987. The molecule has 5 heteroatoms. The number of carbonyl (C=O) groups excluding carboxylic acids is 1. The molecule has 0 aromatic rings. The van der Waals surface area contributed by atoms with E-state index in [1.165, 1.54) is 0 Å². The van der Waals surface area contributed by atoms with Crippen LogP contribution < -0.4 is 11.5 Å². The summed E-state index contributed by atoms with van der Waals surface area (Å²) in [6.45, 7) is 3.89. The number of hydrogen-bond acceptors (Lipinski definition) is 4. The zero-order valence-electron chi connectivity index (χ0n) is 7.99. The van der Waals surface area contributed by atoms with Gasteiger partial charge in [0, 0.05) is 6.61 Å². The Morgan fingerprint density at radius 1 is 1.31 bits per heavy atom. The van der Waals surface area contributed by atoms with E-state index in [4.69, 9.17) is 20.9 Å². The number of rotatable bonds is 8. The third-order valence-electron chi connectivity index (χ3n) is 1.38. The monoisotopic (exact) mass is 190 g/mol. The highest BCUT2D eigenvalue weighted by Gasteiger charge is 2.07. The van der Waals surface area contributed by atoms with E-state index < -0.39 is 11.9 Å². The van der Waals surface area contributed by atoms with Gasteiger partial charge in [0.05, 0.1) is 19.8 Å². The van der Waals surface area contributed by atoms with Crippen molar-refractivity contribution in [1.82, 2.24) is 0 Å². The molecule has 5 nitrogen and oxygen atoms in total. The molecule has 78 valence electrons. The molecule has 0 saturated heterocycles. The molecular formula is C8H18N2O3. The second-order valence-corrected chi connectivity index (χ2v) is 2.70. The first-order chi connectivity index (χ1) is 6.18. The molecule has 0 spiro atoms. The Bertz CT molecular complexity index is 141. The lowest BCUT2D eigenvalue weighted by atomic mass is 10.3. The molecule has 4 N–H and O–H groups in total. The minimum Gasteiger partial charge on any atom is -0.379 e. The van der Waals surface area contributed by atoms with E-state index in [0.717, 1.165) is 13.0 Å². The Labute approximate surface area is 78.4 Å². The third-order valence-corrected chi connectivity index (χ3v) is 1.38. The maximum atomic E-state index is 10.5. The van der Waals surface area contributed by atoms with Crippen LogP contribution in [-0.2, 0) is 14.3 Å². The summed E-state index contributed by atoms with van der Waals surface area (Å²) >= 11 is 0. The van der Waals surface area contributed by atoms with Gasteiger partial charge in [0.15, 0.2) is 0 Å². The summed E-state index contributed by atoms with van der Waals surface area (Å²) in [4.78, 5) is 10.5. The van der Waals surface area contributed by atoms with Gasteiger partial charge >= 0.3 is 0 Å². The predicted octanol–water partition coefficient (Wildman–Crippen LogP) is -0.758. The van der Waals surface area contributed by atoms with Crippen molar-refractivity contribution in [3.05, 3.63) is 0 Å². The first-order valence-electron chi connectivity index (χ1n) is 4.38. The maximum absolute atomic E-state index is 10.5. The average molecular weight is 190 g/mol. The van der Waals surface area contributed by atoms with Gasteiger partial charge in [-0.15, -0.1) is 0 Å². The lowest BCUT2D eigenvalue weighted by Crippen LogP contribution is -2.40. The summed E-state index contributed by atoms with van der Waals surface area (Å²) in [5.41, 5.74) is 10.2. The standard InChI is InChI=1S/C8H18N2O3/c1-2-3-12-4-5-13-6-7(9)8(10)11/h7H,2-6,9H2,1H3,(H2,10,11). The third kappa shape index (κ3) is 7.70. The van der Waals surface area contributed by atoms with Crippen molar-refractivity contribution in [2.45, 2.75) is 19.4 Å². The fourth-order valence-corrected chi connectivity index (χ4v) is 0.657. The van der Waals surface area contributed by atoms with Crippen LogP contribution in [0.1, 0.15) is 13.3 Å². The van der Waals surface area contributed by atoms with Crippen LogP contribution in [0.3, 0.4) is 0 Å². The number of nitrogens with two attached hydrogens (primary N) is 2. The van der Waals surface area contributed by atoms with Crippen molar-refractivity contribution in [3.8, 4) is 0 Å². The van der Waals surface area contributed by atoms with Crippen LogP contribution in [-0.4, -0.2) is 38.4 Å². The highest BCUT2D eigenvalue weighted by Crippen LogP contribution is 1.84. The molecule has 0 aromatic heterocycles. The summed E-state index contributed by atoms with van der Waals surface area (Å²) in [5.74, 6) is -0.547. The molecule has 0 rings (SSSR count). The van der Waals surface area contributed by atoms with Gasteiger partial charge in [0.25, 0.3) is 0 Å². The Morgan fingerprint density at radius 3 is 2.46 bits per heavy atom. The normalized spacial score (nSPS) is 12.8. The number of carbonyl (C=O) groups is 1. The smallest absolute Gasteiger partial charge is 0.236 e. The van der Waals surface area contributed by atoms with Crippen LogP contribution >= 0.6 is 0 Å². The first kappa shape index (κ1) is 12.3. The number of ether oxygens (including phenoxy) is 2. The van der Waals surface area contributed by atoms with E-state index in [9.17, 15) is 4.79 Å². The molecule has 1 unspecified atom stereocenters. The Morgan fingerprint density at radius 2 is 1.92 bits per heavy atom. The predicted molar refractivity (Wildman–Crippen MR) is 49.1 cm³/mol. The van der Waals surface area contributed by atoms with Crippen molar-refractivity contribution in [1.29, 1.82) is 0 Å². The highest BCUT2D eigenvalue weighted by molar-refractivity contribution is 5.79. The van der Waals surface area contributed by atoms with Crippen molar-refractivity contribution in [2.24, 2.45) is 11.5 Å². The van der Waals surface area contributed by atoms with Gasteiger partial charge in [-0.05, 0) is 6.42 Å². The molecule has 0 aliphatic heterocycles. The fraction of sp³-hybridized carbons (Fsp3) is 0.875. The quantitative estimate of drug-likeness (QED) is 0.492. The minimum atomic E-state index is -0.717. The van der Waals surface area contributed by atoms with Crippen molar-refractivity contribution >= 4 is 5.91 Å². The molecule has 0 saturated carbocycles. The van der Waals surface area contributed by atoms with Gasteiger partial charge in [-0.25, -0.2) is 0 Å². The Kier molecular flexibility index (Phi) is 7.57. The fourth-order valence-electron chi connectivity index (χ4n) is 0.657. The van der Waals surface area contributed by atoms with Crippen LogP contribution in [0.4, 0.5) is 0 Å². The van der Waals surface area contributed by atoms with Crippen molar-refractivity contribution < 1.29 is 14.3 Å². The van der Waals surface area contributed by atoms with E-state index in [2.05, 4.69) is 0 Å². The second-order valence-electron chi connectivity index (χ2n) is 2.70. The zero-order chi connectivity index (χ0) is 10.1. The number of primary amides is 1. The van der Waals surface area contributed by atoms with Crippen LogP contribution in [0.5, 0.6) is 0 Å². The topological polar surface area (TPSA) is 87.6 Å². The minimum absolute atomic E-state index is 0.158. The summed E-state index contributed by atoms with van der Waals surface area (Å²) in [6, 6.07) is -0.717. The van der Waals surface area contributed by atoms with Gasteiger partial charge in [-0.3, -0.25) is 4.79 Å². The Balaban J connectivity index is 3.11. The largest absolute Gasteiger partial charge is 0.379 e. The van der Waals surface area contributed by atoms with E-state index in [1.54, 1.807) is 0 Å². The van der Waals surface area contributed by atoms with Crippen LogP contribution in [0.15, 0.2) is 0 Å². The van der Waals surface area contributed by atoms with Crippen LogP contribution in [0, 0.1) is 0 Å². The van der Waals surface area contributed by atoms with Crippen LogP contribution in [0.2, 0.25) is 0 Å². The van der Waals surface area contributed by atoms with E-state index in [0.29, 0.717) is 13.2 Å². The van der Waals surface area contributed by atoms with E-state index >= 15 is 0 Å². The maximum Gasteiger partial charge on any atom is 0.236 e. The molecule has 0 heterocycles. The van der Waals surface area contributed by atoms with Gasteiger partial charge < -0.3 is 20.9 Å². The second kappa shape index (κ2) is 7.97. The lowest BCUT2D eigenvalue weighted by molar-refractivity contribution is -0.120. The Hall–Kier alpha value is -0.650. The summed E-state index contributed by atoms with van der Waals surface area (Å²) < 4.78 is 10.2. The summed E-state index contributed by atoms with van der Waals surface area (Å²) in [5, 5.41) is 0. The molecule has 0 aliphatic carbocycles. The van der Waals surface area contributed by atoms with Gasteiger partial charge in [-0.1, -0.05) is 6.92 Å². The van der Waals surface area contributed by atoms with Crippen LogP contribution in [0.25, 0.3) is 0 Å². The molecule has 13 heavy (non-hydrogen) atoms. The highest BCUT2D eigenvalue weighted by atomic mass is 16.5. The zero-order valence-corrected chi connectivity index (χ0v) is 7.99. The number of hydrogen-bond donors (Lipinski definition) is 2. The van der Waals surface area contributed by atoms with Crippen molar-refractivity contribution in [3.63, 3.8) is 0 Å². The molecule has 1 atom stereocenters.